The van der Waals surface area contributed by atoms with Crippen LogP contribution >= 0.6 is 15.9 Å². The third-order valence-electron chi connectivity index (χ3n) is 3.86. The van der Waals surface area contributed by atoms with Crippen LogP contribution in [-0.2, 0) is 7.05 Å². The summed E-state index contributed by atoms with van der Waals surface area (Å²) in [5, 5.41) is 0.839. The number of halogens is 1. The molecule has 2 aromatic carbocycles. The molecule has 1 heterocycles. The van der Waals surface area contributed by atoms with Crippen molar-refractivity contribution in [3.8, 4) is 0 Å². The summed E-state index contributed by atoms with van der Waals surface area (Å²) in [5.41, 5.74) is 7.75. The SMILES string of the molecule is Cc1cc(Br)ccc1C(=O)NNC(=O)c1cn(C)c2ccccc12. The van der Waals surface area contributed by atoms with Gasteiger partial charge in [0.1, 0.15) is 0 Å². The maximum Gasteiger partial charge on any atom is 0.271 e. The van der Waals surface area contributed by atoms with Crippen LogP contribution in [0, 0.1) is 6.92 Å². The van der Waals surface area contributed by atoms with Crippen LogP contribution in [0.3, 0.4) is 0 Å². The fourth-order valence-corrected chi connectivity index (χ4v) is 3.13. The molecule has 24 heavy (non-hydrogen) atoms. The van der Waals surface area contributed by atoms with E-state index in [-0.39, 0.29) is 11.8 Å². The topological polar surface area (TPSA) is 63.1 Å². The van der Waals surface area contributed by atoms with Crippen molar-refractivity contribution in [1.82, 2.24) is 15.4 Å². The van der Waals surface area contributed by atoms with Crippen molar-refractivity contribution in [3.63, 3.8) is 0 Å². The Balaban J connectivity index is 1.76. The number of para-hydroxylation sites is 1. The highest BCUT2D eigenvalue weighted by molar-refractivity contribution is 9.10. The Hall–Kier alpha value is -2.60. The third-order valence-corrected chi connectivity index (χ3v) is 4.36. The van der Waals surface area contributed by atoms with Crippen molar-refractivity contribution in [2.24, 2.45) is 7.05 Å². The second kappa shape index (κ2) is 6.49. The van der Waals surface area contributed by atoms with Gasteiger partial charge in [-0.05, 0) is 36.8 Å². The number of fused-ring (bicyclic) bond motifs is 1. The average Bonchev–Trinajstić information content (AvgIpc) is 2.90. The van der Waals surface area contributed by atoms with E-state index in [9.17, 15) is 9.59 Å². The van der Waals surface area contributed by atoms with Crippen LogP contribution in [0.5, 0.6) is 0 Å². The van der Waals surface area contributed by atoms with E-state index in [4.69, 9.17) is 0 Å². The van der Waals surface area contributed by atoms with Crippen molar-refractivity contribution < 1.29 is 9.59 Å². The van der Waals surface area contributed by atoms with Crippen LogP contribution in [0.1, 0.15) is 26.3 Å². The van der Waals surface area contributed by atoms with Gasteiger partial charge in [-0.3, -0.25) is 20.4 Å². The van der Waals surface area contributed by atoms with Gasteiger partial charge in [-0.25, -0.2) is 0 Å². The number of aryl methyl sites for hydroxylation is 2. The van der Waals surface area contributed by atoms with Crippen LogP contribution in [0.25, 0.3) is 10.9 Å². The molecule has 0 spiro atoms. The summed E-state index contributed by atoms with van der Waals surface area (Å²) in [4.78, 5) is 24.6. The average molecular weight is 386 g/mol. The smallest absolute Gasteiger partial charge is 0.271 e. The summed E-state index contributed by atoms with van der Waals surface area (Å²) in [5.74, 6) is -0.705. The van der Waals surface area contributed by atoms with Gasteiger partial charge in [-0.1, -0.05) is 34.1 Å². The highest BCUT2D eigenvalue weighted by Gasteiger charge is 2.15. The van der Waals surface area contributed by atoms with E-state index >= 15 is 0 Å². The van der Waals surface area contributed by atoms with Crippen molar-refractivity contribution in [3.05, 3.63) is 69.8 Å². The van der Waals surface area contributed by atoms with E-state index in [0.29, 0.717) is 11.1 Å². The minimum Gasteiger partial charge on any atom is -0.350 e. The van der Waals surface area contributed by atoms with Gasteiger partial charge < -0.3 is 4.57 Å². The van der Waals surface area contributed by atoms with Gasteiger partial charge in [0.15, 0.2) is 0 Å². The molecule has 0 radical (unpaired) electrons. The second-order valence-corrected chi connectivity index (χ2v) is 6.45. The number of benzene rings is 2. The van der Waals surface area contributed by atoms with Gasteiger partial charge in [-0.2, -0.15) is 0 Å². The van der Waals surface area contributed by atoms with Crippen LogP contribution < -0.4 is 10.9 Å². The van der Waals surface area contributed by atoms with Gasteiger partial charge in [-0.15, -0.1) is 0 Å². The monoisotopic (exact) mass is 385 g/mol. The largest absolute Gasteiger partial charge is 0.350 e. The molecular formula is C18H16BrN3O2. The highest BCUT2D eigenvalue weighted by atomic mass is 79.9. The molecule has 0 unspecified atom stereocenters. The predicted molar refractivity (Wildman–Crippen MR) is 96.7 cm³/mol. The standard InChI is InChI=1S/C18H16BrN3O2/c1-11-9-12(19)7-8-13(11)17(23)20-21-18(24)15-10-22(2)16-6-4-3-5-14(15)16/h3-10H,1-2H3,(H,20,23)(H,21,24). The zero-order valence-corrected chi connectivity index (χ0v) is 14.8. The van der Waals surface area contributed by atoms with E-state index in [1.807, 2.05) is 48.9 Å². The molecule has 0 saturated heterocycles. The van der Waals surface area contributed by atoms with Crippen molar-refractivity contribution in [1.29, 1.82) is 0 Å². The molecule has 122 valence electrons. The number of carbonyl (C=O) groups is 2. The fraction of sp³-hybridized carbons (Fsp3) is 0.111. The van der Waals surface area contributed by atoms with E-state index in [1.165, 1.54) is 0 Å². The molecule has 2 N–H and O–H groups in total. The molecule has 3 aromatic rings. The molecule has 0 aliphatic rings. The molecule has 6 heteroatoms. The molecule has 0 saturated carbocycles. The molecule has 0 aliphatic heterocycles. The maximum atomic E-state index is 12.4. The minimum absolute atomic E-state index is 0.352. The number of aromatic nitrogens is 1. The first-order valence-corrected chi connectivity index (χ1v) is 8.17. The number of hydrogen-bond acceptors (Lipinski definition) is 2. The van der Waals surface area contributed by atoms with Crippen LogP contribution in [-0.4, -0.2) is 16.4 Å². The molecule has 3 rings (SSSR count). The van der Waals surface area contributed by atoms with Crippen LogP contribution in [0.4, 0.5) is 0 Å². The second-order valence-electron chi connectivity index (χ2n) is 5.54. The number of nitrogens with one attached hydrogen (secondary N) is 2. The zero-order valence-electron chi connectivity index (χ0n) is 13.3. The lowest BCUT2D eigenvalue weighted by Gasteiger charge is -2.09. The molecule has 5 nitrogen and oxygen atoms in total. The summed E-state index contributed by atoms with van der Waals surface area (Å²) >= 11 is 3.36. The Kier molecular flexibility index (Phi) is 4.40. The summed E-state index contributed by atoms with van der Waals surface area (Å²) in [7, 11) is 1.88. The number of nitrogens with zero attached hydrogens (tertiary/aromatic N) is 1. The summed E-state index contributed by atoms with van der Waals surface area (Å²) < 4.78 is 2.78. The molecule has 0 aliphatic carbocycles. The Morgan fingerprint density at radius 3 is 2.38 bits per heavy atom. The summed E-state index contributed by atoms with van der Waals surface area (Å²) in [6.45, 7) is 1.84. The van der Waals surface area contributed by atoms with Crippen LogP contribution in [0.2, 0.25) is 0 Å². The number of amides is 2. The van der Waals surface area contributed by atoms with E-state index in [2.05, 4.69) is 26.8 Å². The van der Waals surface area contributed by atoms with Crippen molar-refractivity contribution in [2.45, 2.75) is 6.92 Å². The molecule has 0 atom stereocenters. The lowest BCUT2D eigenvalue weighted by Crippen LogP contribution is -2.41. The summed E-state index contributed by atoms with van der Waals surface area (Å²) in [6, 6.07) is 13.0. The zero-order chi connectivity index (χ0) is 17.3. The lowest BCUT2D eigenvalue weighted by molar-refractivity contribution is 0.0847. The Morgan fingerprint density at radius 2 is 1.67 bits per heavy atom. The first kappa shape index (κ1) is 16.3. The molecular weight excluding hydrogens is 370 g/mol. The Morgan fingerprint density at radius 1 is 1.00 bits per heavy atom. The molecule has 0 bridgehead atoms. The highest BCUT2D eigenvalue weighted by Crippen LogP contribution is 2.20. The molecule has 1 aromatic heterocycles. The quantitative estimate of drug-likeness (QED) is 0.664. The Bertz CT molecular complexity index is 947. The van der Waals surface area contributed by atoms with Crippen LogP contribution in [0.15, 0.2) is 53.1 Å². The van der Waals surface area contributed by atoms with E-state index in [1.54, 1.807) is 18.3 Å². The van der Waals surface area contributed by atoms with E-state index in [0.717, 1.165) is 20.9 Å². The van der Waals surface area contributed by atoms with Gasteiger partial charge in [0, 0.05) is 34.2 Å². The minimum atomic E-state index is -0.353. The van der Waals surface area contributed by atoms with E-state index < -0.39 is 0 Å². The van der Waals surface area contributed by atoms with Crippen molar-refractivity contribution in [2.75, 3.05) is 0 Å². The number of rotatable bonds is 2. The number of hydrazine groups is 1. The molecule has 2 amide bonds. The normalized spacial score (nSPS) is 10.6. The third kappa shape index (κ3) is 3.05. The Labute approximate surface area is 147 Å². The number of hydrogen-bond donors (Lipinski definition) is 2. The predicted octanol–water partition coefficient (Wildman–Crippen LogP) is 3.32. The van der Waals surface area contributed by atoms with Gasteiger partial charge >= 0.3 is 0 Å². The maximum absolute atomic E-state index is 12.4. The first-order chi connectivity index (χ1) is 11.5. The fourth-order valence-electron chi connectivity index (χ4n) is 2.65. The summed E-state index contributed by atoms with van der Waals surface area (Å²) in [6.07, 6.45) is 1.75. The first-order valence-electron chi connectivity index (χ1n) is 7.38. The van der Waals surface area contributed by atoms with Gasteiger partial charge in [0.05, 0.1) is 5.56 Å². The van der Waals surface area contributed by atoms with Gasteiger partial charge in [0.2, 0.25) is 0 Å². The molecule has 0 fully saturated rings. The number of carbonyl (C=O) groups excluding carboxylic acids is 2. The van der Waals surface area contributed by atoms with Crippen molar-refractivity contribution >= 4 is 38.6 Å². The lowest BCUT2D eigenvalue weighted by atomic mass is 10.1. The van der Waals surface area contributed by atoms with Gasteiger partial charge in [0.25, 0.3) is 11.8 Å².